The molecular weight excluding hydrogens is 266 g/mol. The standard InChI is InChI=1S/C16H23N3O2/c1-4-11(3)13(17)16-18-15(19-21-16)14(20-5-2)12-9-7-6-8-10-12/h6-11,13-14H,4-5,17H2,1-3H3/t11?,13-,14?/m0/s1. The summed E-state index contributed by atoms with van der Waals surface area (Å²) >= 11 is 0. The van der Waals surface area contributed by atoms with Gasteiger partial charge in [0.05, 0.1) is 6.04 Å². The Balaban J connectivity index is 2.24. The number of hydrogen-bond donors (Lipinski definition) is 1. The lowest BCUT2D eigenvalue weighted by Gasteiger charge is -2.14. The van der Waals surface area contributed by atoms with Crippen LogP contribution in [0.3, 0.4) is 0 Å². The van der Waals surface area contributed by atoms with Crippen LogP contribution in [0.25, 0.3) is 0 Å². The third-order valence-corrected chi connectivity index (χ3v) is 3.67. The van der Waals surface area contributed by atoms with Gasteiger partial charge in [0, 0.05) is 6.61 Å². The maximum Gasteiger partial charge on any atom is 0.243 e. The van der Waals surface area contributed by atoms with Gasteiger partial charge in [0.15, 0.2) is 0 Å². The first kappa shape index (κ1) is 15.7. The maximum atomic E-state index is 6.14. The van der Waals surface area contributed by atoms with Gasteiger partial charge in [0.2, 0.25) is 11.7 Å². The highest BCUT2D eigenvalue weighted by atomic mass is 16.5. The number of benzene rings is 1. The molecule has 0 bridgehead atoms. The zero-order valence-corrected chi connectivity index (χ0v) is 12.8. The van der Waals surface area contributed by atoms with Crippen LogP contribution in [0.15, 0.2) is 34.9 Å². The minimum Gasteiger partial charge on any atom is -0.366 e. The second kappa shape index (κ2) is 7.33. The smallest absolute Gasteiger partial charge is 0.243 e. The van der Waals surface area contributed by atoms with Crippen molar-refractivity contribution in [3.05, 3.63) is 47.6 Å². The van der Waals surface area contributed by atoms with Gasteiger partial charge in [-0.1, -0.05) is 55.8 Å². The van der Waals surface area contributed by atoms with Gasteiger partial charge in [-0.05, 0) is 18.4 Å². The second-order valence-electron chi connectivity index (χ2n) is 5.15. The number of rotatable bonds is 7. The number of nitrogens with two attached hydrogens (primary N) is 1. The van der Waals surface area contributed by atoms with Crippen molar-refractivity contribution in [2.45, 2.75) is 39.3 Å². The van der Waals surface area contributed by atoms with Crippen LogP contribution in [0.4, 0.5) is 0 Å². The lowest BCUT2D eigenvalue weighted by atomic mass is 10.0. The first-order chi connectivity index (χ1) is 10.2. The summed E-state index contributed by atoms with van der Waals surface area (Å²) in [6, 6.07) is 9.64. The SMILES string of the molecule is CCOC(c1ccccc1)c1noc([C@@H](N)C(C)CC)n1. The van der Waals surface area contributed by atoms with E-state index in [1.54, 1.807) is 0 Å². The van der Waals surface area contributed by atoms with Crippen molar-refractivity contribution in [2.24, 2.45) is 11.7 Å². The predicted molar refractivity (Wildman–Crippen MR) is 80.6 cm³/mol. The van der Waals surface area contributed by atoms with E-state index in [0.29, 0.717) is 24.2 Å². The molecule has 5 heteroatoms. The molecule has 0 aliphatic carbocycles. The Labute approximate surface area is 125 Å². The Hall–Kier alpha value is -1.72. The van der Waals surface area contributed by atoms with Crippen LogP contribution in [-0.4, -0.2) is 16.7 Å². The molecule has 2 unspecified atom stereocenters. The van der Waals surface area contributed by atoms with E-state index in [-0.39, 0.29) is 12.1 Å². The summed E-state index contributed by atoms with van der Waals surface area (Å²) < 4.78 is 11.1. The first-order valence-corrected chi connectivity index (χ1v) is 7.43. The molecule has 1 heterocycles. The van der Waals surface area contributed by atoms with E-state index in [4.69, 9.17) is 15.0 Å². The third kappa shape index (κ3) is 3.68. The quantitative estimate of drug-likeness (QED) is 0.847. The molecular formula is C16H23N3O2. The van der Waals surface area contributed by atoms with Gasteiger partial charge in [0.25, 0.3) is 0 Å². The molecule has 21 heavy (non-hydrogen) atoms. The van der Waals surface area contributed by atoms with Crippen molar-refractivity contribution in [1.29, 1.82) is 0 Å². The van der Waals surface area contributed by atoms with Crippen LogP contribution in [0.2, 0.25) is 0 Å². The van der Waals surface area contributed by atoms with Crippen LogP contribution in [0.5, 0.6) is 0 Å². The van der Waals surface area contributed by atoms with Crippen molar-refractivity contribution in [2.75, 3.05) is 6.61 Å². The number of hydrogen-bond acceptors (Lipinski definition) is 5. The second-order valence-corrected chi connectivity index (χ2v) is 5.15. The van der Waals surface area contributed by atoms with Crippen molar-refractivity contribution in [3.8, 4) is 0 Å². The Bertz CT molecular complexity index is 541. The lowest BCUT2D eigenvalue weighted by Crippen LogP contribution is -2.19. The minimum absolute atomic E-state index is 0.241. The molecule has 0 fully saturated rings. The largest absolute Gasteiger partial charge is 0.366 e. The summed E-state index contributed by atoms with van der Waals surface area (Å²) in [5.41, 5.74) is 7.14. The molecule has 2 N–H and O–H groups in total. The molecule has 0 aliphatic rings. The van der Waals surface area contributed by atoms with Gasteiger partial charge in [0.1, 0.15) is 6.10 Å². The Morgan fingerprint density at radius 2 is 1.95 bits per heavy atom. The highest BCUT2D eigenvalue weighted by molar-refractivity contribution is 5.22. The average Bonchev–Trinajstić information content (AvgIpc) is 3.01. The van der Waals surface area contributed by atoms with E-state index in [2.05, 4.69) is 24.0 Å². The average molecular weight is 289 g/mol. The van der Waals surface area contributed by atoms with Gasteiger partial charge in [-0.3, -0.25) is 0 Å². The molecule has 0 aliphatic heterocycles. The fourth-order valence-electron chi connectivity index (χ4n) is 2.10. The Morgan fingerprint density at radius 3 is 2.57 bits per heavy atom. The summed E-state index contributed by atoms with van der Waals surface area (Å²) in [6.07, 6.45) is 0.643. The highest BCUT2D eigenvalue weighted by Gasteiger charge is 2.24. The van der Waals surface area contributed by atoms with Crippen LogP contribution >= 0.6 is 0 Å². The summed E-state index contributed by atoms with van der Waals surface area (Å²) in [5.74, 6) is 1.29. The monoisotopic (exact) mass is 289 g/mol. The molecule has 0 saturated carbocycles. The van der Waals surface area contributed by atoms with Crippen molar-refractivity contribution >= 4 is 0 Å². The zero-order chi connectivity index (χ0) is 15.2. The Kier molecular flexibility index (Phi) is 5.47. The summed E-state index contributed by atoms with van der Waals surface area (Å²) in [4.78, 5) is 4.45. The molecule has 114 valence electrons. The molecule has 3 atom stereocenters. The molecule has 5 nitrogen and oxygen atoms in total. The maximum absolute atomic E-state index is 6.14. The Morgan fingerprint density at radius 1 is 1.24 bits per heavy atom. The molecule has 0 spiro atoms. The van der Waals surface area contributed by atoms with Crippen molar-refractivity contribution in [1.82, 2.24) is 10.1 Å². The summed E-state index contributed by atoms with van der Waals surface area (Å²) in [7, 11) is 0. The normalized spacial score (nSPS) is 15.6. The fourth-order valence-corrected chi connectivity index (χ4v) is 2.10. The fraction of sp³-hybridized carbons (Fsp3) is 0.500. The van der Waals surface area contributed by atoms with E-state index in [1.807, 2.05) is 37.3 Å². The molecule has 1 aromatic heterocycles. The van der Waals surface area contributed by atoms with Gasteiger partial charge in [-0.25, -0.2) is 0 Å². The highest BCUT2D eigenvalue weighted by Crippen LogP contribution is 2.26. The first-order valence-electron chi connectivity index (χ1n) is 7.43. The predicted octanol–water partition coefficient (Wildman–Crippen LogP) is 3.24. The van der Waals surface area contributed by atoms with E-state index < -0.39 is 0 Å². The molecule has 0 saturated heterocycles. The summed E-state index contributed by atoms with van der Waals surface area (Å²) in [5, 5.41) is 4.06. The molecule has 0 radical (unpaired) electrons. The number of nitrogens with zero attached hydrogens (tertiary/aromatic N) is 2. The molecule has 1 aromatic carbocycles. The zero-order valence-electron chi connectivity index (χ0n) is 12.8. The van der Waals surface area contributed by atoms with Gasteiger partial charge in [-0.15, -0.1) is 0 Å². The number of ether oxygens (including phenoxy) is 1. The number of aromatic nitrogens is 2. The van der Waals surface area contributed by atoms with Crippen LogP contribution in [0, 0.1) is 5.92 Å². The summed E-state index contributed by atoms with van der Waals surface area (Å²) in [6.45, 7) is 6.68. The van der Waals surface area contributed by atoms with E-state index in [0.717, 1.165) is 12.0 Å². The van der Waals surface area contributed by atoms with Crippen molar-refractivity contribution < 1.29 is 9.26 Å². The topological polar surface area (TPSA) is 74.2 Å². The molecule has 0 amide bonds. The van der Waals surface area contributed by atoms with Crippen molar-refractivity contribution in [3.63, 3.8) is 0 Å². The van der Waals surface area contributed by atoms with E-state index >= 15 is 0 Å². The van der Waals surface area contributed by atoms with Crippen LogP contribution in [0.1, 0.15) is 56.6 Å². The van der Waals surface area contributed by atoms with E-state index in [1.165, 1.54) is 0 Å². The van der Waals surface area contributed by atoms with Crippen LogP contribution in [-0.2, 0) is 4.74 Å². The molecule has 2 aromatic rings. The van der Waals surface area contributed by atoms with Crippen LogP contribution < -0.4 is 5.73 Å². The lowest BCUT2D eigenvalue weighted by molar-refractivity contribution is 0.0833. The molecule has 2 rings (SSSR count). The minimum atomic E-state index is -0.321. The third-order valence-electron chi connectivity index (χ3n) is 3.67. The van der Waals surface area contributed by atoms with Gasteiger partial charge >= 0.3 is 0 Å². The van der Waals surface area contributed by atoms with E-state index in [9.17, 15) is 0 Å². The van der Waals surface area contributed by atoms with Gasteiger partial charge < -0.3 is 15.0 Å². The van der Waals surface area contributed by atoms with Gasteiger partial charge in [-0.2, -0.15) is 4.98 Å².